The number of nitrogens with zero attached hydrogens (tertiary/aromatic N) is 2. The molecule has 0 radical (unpaired) electrons. The molecule has 1 atom stereocenters. The minimum absolute atomic E-state index is 0.114. The fourth-order valence-corrected chi connectivity index (χ4v) is 2.66. The standard InChI is InChI=1S/C18H17F3N4O/c1-11(10-22-18(26)23-13-8-6-12(19)7-9-13)16-24-14-4-2-3-5-15(14)25(16)17(20)21/h2-9,11,17H,10H2,1H3,(H2,22,23,26). The van der Waals surface area contributed by atoms with Crippen LogP contribution in [0.3, 0.4) is 0 Å². The summed E-state index contributed by atoms with van der Waals surface area (Å²) in [4.78, 5) is 16.2. The van der Waals surface area contributed by atoms with Crippen molar-refractivity contribution in [3.05, 3.63) is 60.2 Å². The number of imidazole rings is 1. The molecular weight excluding hydrogens is 345 g/mol. The van der Waals surface area contributed by atoms with Crippen molar-refractivity contribution in [3.8, 4) is 0 Å². The Labute approximate surface area is 147 Å². The minimum atomic E-state index is -2.73. The van der Waals surface area contributed by atoms with Gasteiger partial charge in [-0.25, -0.2) is 14.2 Å². The van der Waals surface area contributed by atoms with Crippen LogP contribution in [0.5, 0.6) is 0 Å². The summed E-state index contributed by atoms with van der Waals surface area (Å²) >= 11 is 0. The molecule has 2 aromatic carbocycles. The summed E-state index contributed by atoms with van der Waals surface area (Å²) in [6, 6.07) is 11.4. The van der Waals surface area contributed by atoms with Gasteiger partial charge in [-0.05, 0) is 36.4 Å². The number of para-hydroxylation sites is 2. The second kappa shape index (κ2) is 7.47. The summed E-state index contributed by atoms with van der Waals surface area (Å²) in [6.07, 6.45) is 0. The molecule has 0 aliphatic carbocycles. The van der Waals surface area contributed by atoms with Gasteiger partial charge in [0.25, 0.3) is 0 Å². The van der Waals surface area contributed by atoms with Crippen molar-refractivity contribution < 1.29 is 18.0 Å². The Bertz CT molecular complexity index is 908. The lowest BCUT2D eigenvalue weighted by Gasteiger charge is -2.15. The number of carbonyl (C=O) groups is 1. The highest BCUT2D eigenvalue weighted by Crippen LogP contribution is 2.27. The summed E-state index contributed by atoms with van der Waals surface area (Å²) in [6.45, 7) is -0.908. The van der Waals surface area contributed by atoms with Crippen LogP contribution in [-0.2, 0) is 0 Å². The average Bonchev–Trinajstić information content (AvgIpc) is 3.01. The van der Waals surface area contributed by atoms with E-state index in [-0.39, 0.29) is 12.4 Å². The maximum Gasteiger partial charge on any atom is 0.320 e. The first-order valence-corrected chi connectivity index (χ1v) is 8.01. The molecule has 8 heteroatoms. The molecule has 0 saturated heterocycles. The van der Waals surface area contributed by atoms with Crippen LogP contribution in [0.25, 0.3) is 11.0 Å². The van der Waals surface area contributed by atoms with E-state index in [9.17, 15) is 18.0 Å². The topological polar surface area (TPSA) is 59.0 Å². The molecule has 0 fully saturated rings. The third-order valence-corrected chi connectivity index (χ3v) is 3.93. The number of hydrogen-bond donors (Lipinski definition) is 2. The van der Waals surface area contributed by atoms with Crippen LogP contribution in [0.4, 0.5) is 23.7 Å². The number of anilines is 1. The maximum atomic E-state index is 13.5. The molecule has 0 aliphatic rings. The summed E-state index contributed by atoms with van der Waals surface area (Å²) in [7, 11) is 0. The Morgan fingerprint density at radius 2 is 1.85 bits per heavy atom. The predicted molar refractivity (Wildman–Crippen MR) is 92.8 cm³/mol. The van der Waals surface area contributed by atoms with E-state index < -0.39 is 24.3 Å². The third-order valence-electron chi connectivity index (χ3n) is 3.93. The number of halogens is 3. The van der Waals surface area contributed by atoms with Gasteiger partial charge in [-0.15, -0.1) is 0 Å². The van der Waals surface area contributed by atoms with E-state index in [0.29, 0.717) is 16.7 Å². The number of carbonyl (C=O) groups excluding carboxylic acids is 1. The van der Waals surface area contributed by atoms with Gasteiger partial charge in [-0.3, -0.25) is 4.57 Å². The van der Waals surface area contributed by atoms with Crippen molar-refractivity contribution in [2.75, 3.05) is 11.9 Å². The Morgan fingerprint density at radius 3 is 2.54 bits per heavy atom. The molecule has 0 aliphatic heterocycles. The normalized spacial score (nSPS) is 12.3. The first-order valence-electron chi connectivity index (χ1n) is 8.01. The number of fused-ring (bicyclic) bond motifs is 1. The zero-order valence-electron chi connectivity index (χ0n) is 13.9. The van der Waals surface area contributed by atoms with Gasteiger partial charge in [0.05, 0.1) is 11.0 Å². The summed E-state index contributed by atoms with van der Waals surface area (Å²) in [5.41, 5.74) is 1.25. The van der Waals surface area contributed by atoms with Gasteiger partial charge in [-0.2, -0.15) is 8.78 Å². The van der Waals surface area contributed by atoms with Gasteiger partial charge in [0.15, 0.2) is 0 Å². The molecular formula is C18H17F3N4O. The minimum Gasteiger partial charge on any atom is -0.337 e. The van der Waals surface area contributed by atoms with E-state index >= 15 is 0 Å². The molecule has 2 N–H and O–H groups in total. The monoisotopic (exact) mass is 362 g/mol. The second-order valence-corrected chi connectivity index (χ2v) is 5.85. The zero-order valence-corrected chi connectivity index (χ0v) is 13.9. The first-order chi connectivity index (χ1) is 12.5. The van der Waals surface area contributed by atoms with Crippen molar-refractivity contribution in [1.82, 2.24) is 14.9 Å². The molecule has 26 heavy (non-hydrogen) atoms. The number of benzene rings is 2. The van der Waals surface area contributed by atoms with Crippen LogP contribution >= 0.6 is 0 Å². The molecule has 0 saturated carbocycles. The molecule has 1 unspecified atom stereocenters. The Kier molecular flexibility index (Phi) is 5.11. The lowest BCUT2D eigenvalue weighted by Crippen LogP contribution is -2.32. The fraction of sp³-hybridized carbons (Fsp3) is 0.222. The Hall–Kier alpha value is -3.03. The lowest BCUT2D eigenvalue weighted by atomic mass is 10.1. The number of aromatic nitrogens is 2. The van der Waals surface area contributed by atoms with Crippen LogP contribution in [0.1, 0.15) is 25.2 Å². The van der Waals surface area contributed by atoms with Crippen molar-refractivity contribution in [1.29, 1.82) is 0 Å². The smallest absolute Gasteiger partial charge is 0.320 e. The number of nitrogens with one attached hydrogen (secondary N) is 2. The number of hydrogen-bond acceptors (Lipinski definition) is 2. The molecule has 0 spiro atoms. The van der Waals surface area contributed by atoms with Gasteiger partial charge >= 0.3 is 12.6 Å². The number of rotatable bonds is 5. The van der Waals surface area contributed by atoms with E-state index in [4.69, 9.17) is 0 Å². The highest BCUT2D eigenvalue weighted by atomic mass is 19.3. The molecule has 136 valence electrons. The van der Waals surface area contributed by atoms with Crippen molar-refractivity contribution in [2.24, 2.45) is 0 Å². The van der Waals surface area contributed by atoms with Gasteiger partial charge in [0, 0.05) is 18.2 Å². The highest BCUT2D eigenvalue weighted by molar-refractivity contribution is 5.89. The fourth-order valence-electron chi connectivity index (χ4n) is 2.66. The molecule has 1 heterocycles. The van der Waals surface area contributed by atoms with Crippen LogP contribution in [0.2, 0.25) is 0 Å². The Balaban J connectivity index is 1.69. The number of amides is 2. The molecule has 5 nitrogen and oxygen atoms in total. The van der Waals surface area contributed by atoms with Gasteiger partial charge in [-0.1, -0.05) is 19.1 Å². The van der Waals surface area contributed by atoms with Crippen LogP contribution in [0, 0.1) is 5.82 Å². The van der Waals surface area contributed by atoms with Gasteiger partial charge in [0.1, 0.15) is 11.6 Å². The zero-order chi connectivity index (χ0) is 18.7. The molecule has 3 aromatic rings. The lowest BCUT2D eigenvalue weighted by molar-refractivity contribution is 0.0705. The summed E-state index contributed by atoms with van der Waals surface area (Å²) < 4.78 is 40.7. The largest absolute Gasteiger partial charge is 0.337 e. The van der Waals surface area contributed by atoms with Crippen molar-refractivity contribution in [3.63, 3.8) is 0 Å². The third kappa shape index (κ3) is 3.79. The second-order valence-electron chi connectivity index (χ2n) is 5.85. The van der Waals surface area contributed by atoms with Crippen molar-refractivity contribution in [2.45, 2.75) is 19.4 Å². The number of alkyl halides is 2. The molecule has 3 rings (SSSR count). The molecule has 1 aromatic heterocycles. The highest BCUT2D eigenvalue weighted by Gasteiger charge is 2.22. The van der Waals surface area contributed by atoms with E-state index in [2.05, 4.69) is 15.6 Å². The van der Waals surface area contributed by atoms with Crippen LogP contribution < -0.4 is 10.6 Å². The Morgan fingerprint density at radius 1 is 1.15 bits per heavy atom. The van der Waals surface area contributed by atoms with E-state index in [1.54, 1.807) is 31.2 Å². The van der Waals surface area contributed by atoms with Crippen LogP contribution in [-0.4, -0.2) is 22.1 Å². The van der Waals surface area contributed by atoms with Gasteiger partial charge < -0.3 is 10.6 Å². The van der Waals surface area contributed by atoms with Gasteiger partial charge in [0.2, 0.25) is 0 Å². The molecule has 0 bridgehead atoms. The first kappa shape index (κ1) is 17.8. The van der Waals surface area contributed by atoms with Crippen LogP contribution in [0.15, 0.2) is 48.5 Å². The van der Waals surface area contributed by atoms with E-state index in [1.807, 2.05) is 0 Å². The summed E-state index contributed by atoms with van der Waals surface area (Å²) in [5.74, 6) is -0.644. The van der Waals surface area contributed by atoms with Crippen molar-refractivity contribution >= 4 is 22.8 Å². The van der Waals surface area contributed by atoms with E-state index in [0.717, 1.165) is 4.57 Å². The average molecular weight is 362 g/mol. The number of urea groups is 1. The van der Waals surface area contributed by atoms with E-state index in [1.165, 1.54) is 24.3 Å². The SMILES string of the molecule is CC(CNC(=O)Nc1ccc(F)cc1)c1nc2ccccc2n1C(F)F. The quantitative estimate of drug-likeness (QED) is 0.702. The summed E-state index contributed by atoms with van der Waals surface area (Å²) in [5, 5.41) is 5.16. The predicted octanol–water partition coefficient (Wildman–Crippen LogP) is 4.50. The molecule has 2 amide bonds. The maximum absolute atomic E-state index is 13.5.